The van der Waals surface area contributed by atoms with Crippen LogP contribution < -0.4 is 0 Å². The molecule has 68 heavy (non-hydrogen) atoms. The maximum atomic E-state index is 13.0. The Morgan fingerprint density at radius 3 is 1.31 bits per heavy atom. The molecule has 2 fully saturated rings. The summed E-state index contributed by atoms with van der Waals surface area (Å²) in [5.41, 5.74) is 0. The van der Waals surface area contributed by atoms with Crippen LogP contribution in [0.25, 0.3) is 0 Å². The first-order chi connectivity index (χ1) is 33.0. The van der Waals surface area contributed by atoms with Gasteiger partial charge in [-0.15, -0.1) is 0 Å². The van der Waals surface area contributed by atoms with Crippen LogP contribution >= 0.6 is 0 Å². The van der Waals surface area contributed by atoms with Crippen molar-refractivity contribution in [1.82, 2.24) is 0 Å². The average Bonchev–Trinajstić information content (AvgIpc) is 3.33. The van der Waals surface area contributed by atoms with E-state index in [4.69, 9.17) is 28.4 Å². The van der Waals surface area contributed by atoms with Crippen LogP contribution in [-0.2, 0) is 38.0 Å². The molecule has 0 saturated carbocycles. The fourth-order valence-electron chi connectivity index (χ4n) is 8.74. The van der Waals surface area contributed by atoms with E-state index < -0.39 is 92.7 Å². The average molecular weight is 975 g/mol. The Morgan fingerprint density at radius 1 is 0.456 bits per heavy atom. The number of hydrogen-bond donors (Lipinski definition) is 7. The van der Waals surface area contributed by atoms with Gasteiger partial charge in [0.15, 0.2) is 18.7 Å². The summed E-state index contributed by atoms with van der Waals surface area (Å²) >= 11 is 0. The van der Waals surface area contributed by atoms with Crippen molar-refractivity contribution in [3.63, 3.8) is 0 Å². The predicted octanol–water partition coefficient (Wildman–Crippen LogP) is 8.16. The molecule has 0 spiro atoms. The number of aliphatic hydroxyl groups excluding tert-OH is 7. The van der Waals surface area contributed by atoms with Crippen LogP contribution in [0.15, 0.2) is 12.2 Å². The molecule has 0 aromatic rings. The second-order valence-corrected chi connectivity index (χ2v) is 19.4. The van der Waals surface area contributed by atoms with Gasteiger partial charge in [-0.25, -0.2) is 0 Å². The Bertz CT molecular complexity index is 1240. The molecule has 0 amide bonds. The molecule has 0 bridgehead atoms. The highest BCUT2D eigenvalue weighted by Gasteiger charge is 2.47. The van der Waals surface area contributed by atoms with Gasteiger partial charge < -0.3 is 64.2 Å². The molecule has 0 radical (unpaired) electrons. The molecule has 4 unspecified atom stereocenters. The Kier molecular flexibility index (Phi) is 37.4. The van der Waals surface area contributed by atoms with E-state index in [0.29, 0.717) is 12.8 Å². The van der Waals surface area contributed by atoms with Crippen LogP contribution in [0.3, 0.4) is 0 Å². The van der Waals surface area contributed by atoms with Crippen LogP contribution in [0.5, 0.6) is 0 Å². The first-order valence-corrected chi connectivity index (χ1v) is 27.3. The van der Waals surface area contributed by atoms with E-state index in [1.807, 2.05) is 0 Å². The van der Waals surface area contributed by atoms with Gasteiger partial charge in [-0.3, -0.25) is 9.59 Å². The smallest absolute Gasteiger partial charge is 0.306 e. The quantitative estimate of drug-likeness (QED) is 0.0174. The lowest BCUT2D eigenvalue weighted by Gasteiger charge is -2.42. The third kappa shape index (κ3) is 28.3. The Hall–Kier alpha value is -1.76. The Balaban J connectivity index is 1.77. The molecule has 0 aliphatic carbocycles. The summed E-state index contributed by atoms with van der Waals surface area (Å²) in [6, 6.07) is 0. The first kappa shape index (κ1) is 62.4. The highest BCUT2D eigenvalue weighted by atomic mass is 16.7. The summed E-state index contributed by atoms with van der Waals surface area (Å²) in [7, 11) is 0. The van der Waals surface area contributed by atoms with Crippen LogP contribution in [-0.4, -0.2) is 142 Å². The van der Waals surface area contributed by atoms with Crippen molar-refractivity contribution < 1.29 is 73.8 Å². The minimum absolute atomic E-state index is 0.170. The second kappa shape index (κ2) is 40.8. The number of aliphatic hydroxyl groups is 7. The summed E-state index contributed by atoms with van der Waals surface area (Å²) in [4.78, 5) is 25.8. The fraction of sp³-hybridized carbons (Fsp3) is 0.925. The number of unbranched alkanes of at least 4 members (excludes halogenated alkanes) is 27. The number of esters is 2. The van der Waals surface area contributed by atoms with Crippen molar-refractivity contribution in [2.45, 2.75) is 287 Å². The SMILES string of the molecule is CCCCCC/C=C/CCCCCCCC(=O)OC[C@H](CO[C@H]1O[C@@H](CO[C@H]2O[C@@H](CO)[C@@H](O)C(O)C2O)[C@@H](O)C(O)C1O)OC(=O)CCCCCCCCCCCCCCCCCCCCC. The molecule has 11 atom stereocenters. The molecule has 2 aliphatic rings. The summed E-state index contributed by atoms with van der Waals surface area (Å²) in [6.45, 7) is 2.60. The zero-order valence-electron chi connectivity index (χ0n) is 42.4. The van der Waals surface area contributed by atoms with E-state index >= 15 is 0 Å². The van der Waals surface area contributed by atoms with Crippen molar-refractivity contribution in [2.24, 2.45) is 0 Å². The van der Waals surface area contributed by atoms with Gasteiger partial charge in [0, 0.05) is 12.8 Å². The summed E-state index contributed by atoms with van der Waals surface area (Å²) in [5, 5.41) is 72.1. The maximum Gasteiger partial charge on any atom is 0.306 e. The number of rotatable bonds is 43. The molecule has 15 nitrogen and oxygen atoms in total. The molecule has 2 saturated heterocycles. The number of carbonyl (C=O) groups is 2. The number of hydrogen-bond acceptors (Lipinski definition) is 15. The third-order valence-electron chi connectivity index (χ3n) is 13.2. The second-order valence-electron chi connectivity index (χ2n) is 19.4. The lowest BCUT2D eigenvalue weighted by Crippen LogP contribution is -2.61. The van der Waals surface area contributed by atoms with Crippen molar-refractivity contribution in [3.8, 4) is 0 Å². The van der Waals surface area contributed by atoms with Crippen molar-refractivity contribution in [3.05, 3.63) is 12.2 Å². The number of ether oxygens (including phenoxy) is 6. The molecular weight excluding hydrogens is 877 g/mol. The fourth-order valence-corrected chi connectivity index (χ4v) is 8.74. The first-order valence-electron chi connectivity index (χ1n) is 27.3. The standard InChI is InChI=1S/C53H98O15/c1-3-5-7-9-11-13-15-17-18-19-20-21-22-24-26-28-30-32-34-36-45(56)66-41(38-63-44(55)35-33-31-29-27-25-23-16-14-12-10-8-6-4-2)39-64-52-51(62)49(60)47(58)43(68-52)40-65-53-50(61)48(59)46(57)42(37-54)67-53/h14,16,41-43,46-54,57-62H,3-13,15,17-40H2,1-2H3/b16-14+/t41-,42+,43+,46-,47-,48?,49?,50?,51?,52+,53+/m1/s1. The molecule has 2 aliphatic heterocycles. The van der Waals surface area contributed by atoms with Gasteiger partial charge in [0.05, 0.1) is 19.8 Å². The highest BCUT2D eigenvalue weighted by molar-refractivity contribution is 5.70. The van der Waals surface area contributed by atoms with Gasteiger partial charge in [-0.05, 0) is 38.5 Å². The normalized spacial score (nSPS) is 25.8. The van der Waals surface area contributed by atoms with E-state index in [-0.39, 0.29) is 26.1 Å². The summed E-state index contributed by atoms with van der Waals surface area (Å²) < 4.78 is 33.6. The molecule has 0 aromatic carbocycles. The van der Waals surface area contributed by atoms with Gasteiger partial charge >= 0.3 is 11.9 Å². The van der Waals surface area contributed by atoms with E-state index in [0.717, 1.165) is 57.8 Å². The van der Waals surface area contributed by atoms with Crippen molar-refractivity contribution in [2.75, 3.05) is 26.4 Å². The minimum Gasteiger partial charge on any atom is -0.462 e. The predicted molar refractivity (Wildman–Crippen MR) is 261 cm³/mol. The molecule has 2 rings (SSSR count). The van der Waals surface area contributed by atoms with E-state index in [2.05, 4.69) is 26.0 Å². The van der Waals surface area contributed by atoms with E-state index in [1.165, 1.54) is 122 Å². The zero-order chi connectivity index (χ0) is 49.6. The Morgan fingerprint density at radius 2 is 0.838 bits per heavy atom. The molecule has 7 N–H and O–H groups in total. The zero-order valence-corrected chi connectivity index (χ0v) is 42.4. The summed E-state index contributed by atoms with van der Waals surface area (Å²) in [6.07, 6.45) is 23.8. The molecule has 15 heteroatoms. The van der Waals surface area contributed by atoms with Crippen molar-refractivity contribution >= 4 is 11.9 Å². The third-order valence-corrected chi connectivity index (χ3v) is 13.2. The molecule has 2 heterocycles. The van der Waals surface area contributed by atoms with Crippen LogP contribution in [0.2, 0.25) is 0 Å². The number of carbonyl (C=O) groups excluding carboxylic acids is 2. The molecule has 400 valence electrons. The van der Waals surface area contributed by atoms with E-state index in [1.54, 1.807) is 0 Å². The number of allylic oxidation sites excluding steroid dienone is 2. The van der Waals surface area contributed by atoms with Gasteiger partial charge in [-0.2, -0.15) is 0 Å². The van der Waals surface area contributed by atoms with Gasteiger partial charge in [-0.1, -0.05) is 180 Å². The minimum atomic E-state index is -1.76. The lowest BCUT2D eigenvalue weighted by atomic mass is 9.98. The monoisotopic (exact) mass is 975 g/mol. The summed E-state index contributed by atoms with van der Waals surface area (Å²) in [5.74, 6) is -0.923. The topological polar surface area (TPSA) is 231 Å². The van der Waals surface area contributed by atoms with Crippen LogP contribution in [0.4, 0.5) is 0 Å². The maximum absolute atomic E-state index is 13.0. The van der Waals surface area contributed by atoms with E-state index in [9.17, 15) is 45.3 Å². The lowest BCUT2D eigenvalue weighted by molar-refractivity contribution is -0.332. The highest BCUT2D eigenvalue weighted by Crippen LogP contribution is 2.27. The van der Waals surface area contributed by atoms with Gasteiger partial charge in [0.2, 0.25) is 0 Å². The van der Waals surface area contributed by atoms with Crippen LogP contribution in [0, 0.1) is 0 Å². The van der Waals surface area contributed by atoms with Gasteiger partial charge in [0.25, 0.3) is 0 Å². The van der Waals surface area contributed by atoms with Crippen LogP contribution in [0.1, 0.15) is 219 Å². The largest absolute Gasteiger partial charge is 0.462 e. The van der Waals surface area contributed by atoms with Crippen molar-refractivity contribution in [1.29, 1.82) is 0 Å². The molecular formula is C53H98O15. The Labute approximate surface area is 410 Å². The molecule has 0 aromatic heterocycles. The van der Waals surface area contributed by atoms with Gasteiger partial charge in [0.1, 0.15) is 55.4 Å².